The Balaban J connectivity index is 0.000000162. The number of hydrogen-bond acceptors (Lipinski definition) is 0. The Bertz CT molecular complexity index is 376. The van der Waals surface area contributed by atoms with Crippen molar-refractivity contribution in [3.8, 4) is 0 Å². The third-order valence-corrected chi connectivity index (χ3v) is 2.35. The summed E-state index contributed by atoms with van der Waals surface area (Å²) in [5.74, 6) is 0. The number of allylic oxidation sites excluding steroid dienone is 5. The van der Waals surface area contributed by atoms with Crippen LogP contribution < -0.4 is 0 Å². The standard InChI is InChI=1S/C9H8.C5H6.Ti/c1-2-5-9-7-3-6-8(9)4-1;1-2-4-5-3-1;/h1-6H,7H2;1-4H,5H2;. The van der Waals surface area contributed by atoms with Crippen molar-refractivity contribution in [1.29, 1.82) is 0 Å². The fourth-order valence-corrected chi connectivity index (χ4v) is 1.59. The molecule has 1 aromatic rings. The van der Waals surface area contributed by atoms with Crippen LogP contribution in [0.5, 0.6) is 0 Å². The molecule has 0 bridgehead atoms. The number of fused-ring (bicyclic) bond motifs is 1. The van der Waals surface area contributed by atoms with Gasteiger partial charge in [-0.05, 0) is 24.0 Å². The van der Waals surface area contributed by atoms with Crippen molar-refractivity contribution in [1.82, 2.24) is 0 Å². The molecule has 15 heavy (non-hydrogen) atoms. The quantitative estimate of drug-likeness (QED) is 0.595. The van der Waals surface area contributed by atoms with Gasteiger partial charge in [0.15, 0.2) is 0 Å². The molecule has 0 saturated heterocycles. The maximum absolute atomic E-state index is 2.20. The minimum atomic E-state index is 0. The van der Waals surface area contributed by atoms with Gasteiger partial charge in [-0.15, -0.1) is 0 Å². The summed E-state index contributed by atoms with van der Waals surface area (Å²) in [6.45, 7) is 0. The topological polar surface area (TPSA) is 0 Å². The van der Waals surface area contributed by atoms with E-state index in [-0.39, 0.29) is 21.7 Å². The van der Waals surface area contributed by atoms with Gasteiger partial charge in [-0.3, -0.25) is 0 Å². The van der Waals surface area contributed by atoms with Gasteiger partial charge in [-0.2, -0.15) is 0 Å². The second-order valence-corrected chi connectivity index (χ2v) is 3.40. The third kappa shape index (κ3) is 3.66. The molecule has 74 valence electrons. The van der Waals surface area contributed by atoms with Crippen LogP contribution in [0, 0.1) is 0 Å². The van der Waals surface area contributed by atoms with Gasteiger partial charge in [0.05, 0.1) is 0 Å². The first kappa shape index (κ1) is 12.2. The van der Waals surface area contributed by atoms with Crippen molar-refractivity contribution in [2.45, 2.75) is 12.8 Å². The van der Waals surface area contributed by atoms with Crippen LogP contribution in [-0.4, -0.2) is 0 Å². The third-order valence-electron chi connectivity index (χ3n) is 2.35. The van der Waals surface area contributed by atoms with Crippen LogP contribution in [0.15, 0.2) is 54.6 Å². The summed E-state index contributed by atoms with van der Waals surface area (Å²) in [5.41, 5.74) is 2.84. The Morgan fingerprint density at radius 2 is 1.60 bits per heavy atom. The van der Waals surface area contributed by atoms with Crippen LogP contribution in [0.3, 0.4) is 0 Å². The molecule has 0 saturated carbocycles. The zero-order valence-corrected chi connectivity index (χ0v) is 10.2. The molecule has 0 heterocycles. The minimum absolute atomic E-state index is 0. The molecule has 0 aliphatic heterocycles. The minimum Gasteiger partial charge on any atom is -0.0808 e. The van der Waals surface area contributed by atoms with Gasteiger partial charge < -0.3 is 0 Å². The van der Waals surface area contributed by atoms with E-state index in [1.807, 2.05) is 0 Å². The van der Waals surface area contributed by atoms with Gasteiger partial charge in [-0.1, -0.05) is 60.7 Å². The van der Waals surface area contributed by atoms with Crippen molar-refractivity contribution < 1.29 is 21.7 Å². The Kier molecular flexibility index (Phi) is 5.38. The van der Waals surface area contributed by atoms with E-state index in [0.717, 1.165) is 12.8 Å². The molecular weight excluding hydrogens is 216 g/mol. The molecule has 0 radical (unpaired) electrons. The van der Waals surface area contributed by atoms with Crippen LogP contribution in [0.25, 0.3) is 6.08 Å². The zero-order valence-electron chi connectivity index (χ0n) is 8.69. The van der Waals surface area contributed by atoms with Crippen LogP contribution in [0.1, 0.15) is 17.5 Å². The smallest absolute Gasteiger partial charge is 0 e. The van der Waals surface area contributed by atoms with Crippen molar-refractivity contribution in [2.75, 3.05) is 0 Å². The Hall–Kier alpha value is -0.846. The first-order chi connectivity index (χ1) is 6.97. The largest absolute Gasteiger partial charge is 0.0808 e. The molecular formula is C14H14Ti. The van der Waals surface area contributed by atoms with E-state index < -0.39 is 0 Å². The number of hydrogen-bond donors (Lipinski definition) is 0. The monoisotopic (exact) mass is 230 g/mol. The average molecular weight is 230 g/mol. The Morgan fingerprint density at radius 3 is 2.20 bits per heavy atom. The van der Waals surface area contributed by atoms with E-state index in [2.05, 4.69) is 60.7 Å². The molecule has 0 nitrogen and oxygen atoms in total. The molecule has 0 unspecified atom stereocenters. The van der Waals surface area contributed by atoms with Crippen LogP contribution >= 0.6 is 0 Å². The molecule has 0 N–H and O–H groups in total. The van der Waals surface area contributed by atoms with Gasteiger partial charge in [-0.25, -0.2) is 0 Å². The van der Waals surface area contributed by atoms with Crippen molar-refractivity contribution in [3.05, 3.63) is 65.8 Å². The van der Waals surface area contributed by atoms with Crippen LogP contribution in [0.2, 0.25) is 0 Å². The van der Waals surface area contributed by atoms with Crippen molar-refractivity contribution in [3.63, 3.8) is 0 Å². The fraction of sp³-hybridized carbons (Fsp3) is 0.143. The summed E-state index contributed by atoms with van der Waals surface area (Å²) in [4.78, 5) is 0. The van der Waals surface area contributed by atoms with Crippen LogP contribution in [-0.2, 0) is 28.1 Å². The molecule has 1 heteroatoms. The van der Waals surface area contributed by atoms with Crippen LogP contribution in [0.4, 0.5) is 0 Å². The number of rotatable bonds is 0. The maximum atomic E-state index is 2.20. The van der Waals surface area contributed by atoms with E-state index in [4.69, 9.17) is 0 Å². The summed E-state index contributed by atoms with van der Waals surface area (Å²) >= 11 is 0. The SMILES string of the molecule is C1=CCC=C1.C1=Cc2ccccc2C1.[Ti]. The summed E-state index contributed by atoms with van der Waals surface area (Å²) in [5, 5.41) is 0. The van der Waals surface area contributed by atoms with E-state index >= 15 is 0 Å². The van der Waals surface area contributed by atoms with Gasteiger partial charge in [0.1, 0.15) is 0 Å². The Labute approximate surface area is 106 Å². The molecule has 0 aromatic heterocycles. The zero-order chi connectivity index (χ0) is 9.64. The second-order valence-electron chi connectivity index (χ2n) is 3.40. The maximum Gasteiger partial charge on any atom is 0 e. The van der Waals surface area contributed by atoms with Crippen molar-refractivity contribution in [2.24, 2.45) is 0 Å². The van der Waals surface area contributed by atoms with Gasteiger partial charge >= 0.3 is 0 Å². The summed E-state index contributed by atoms with van der Waals surface area (Å²) in [6, 6.07) is 8.49. The molecule has 1 aromatic carbocycles. The van der Waals surface area contributed by atoms with E-state index in [1.54, 1.807) is 0 Å². The summed E-state index contributed by atoms with van der Waals surface area (Å²) in [6.07, 6.45) is 15.0. The van der Waals surface area contributed by atoms with Gasteiger partial charge in [0, 0.05) is 21.7 Å². The number of benzene rings is 1. The molecule has 2 aliphatic rings. The van der Waals surface area contributed by atoms with E-state index in [0.29, 0.717) is 0 Å². The molecule has 0 spiro atoms. The van der Waals surface area contributed by atoms with Gasteiger partial charge in [0.2, 0.25) is 0 Å². The average Bonchev–Trinajstić information content (AvgIpc) is 2.92. The fourth-order valence-electron chi connectivity index (χ4n) is 1.59. The predicted octanol–water partition coefficient (Wildman–Crippen LogP) is 3.76. The summed E-state index contributed by atoms with van der Waals surface area (Å²) < 4.78 is 0. The van der Waals surface area contributed by atoms with E-state index in [9.17, 15) is 0 Å². The Morgan fingerprint density at radius 1 is 0.867 bits per heavy atom. The predicted molar refractivity (Wildman–Crippen MR) is 62.1 cm³/mol. The molecule has 3 rings (SSSR count). The second kappa shape index (κ2) is 6.60. The molecule has 0 atom stereocenters. The molecule has 0 fully saturated rings. The summed E-state index contributed by atoms with van der Waals surface area (Å²) in [7, 11) is 0. The molecule has 2 aliphatic carbocycles. The van der Waals surface area contributed by atoms with Gasteiger partial charge in [0.25, 0.3) is 0 Å². The van der Waals surface area contributed by atoms with E-state index in [1.165, 1.54) is 11.1 Å². The van der Waals surface area contributed by atoms with Crippen molar-refractivity contribution >= 4 is 6.08 Å². The molecule has 0 amide bonds. The normalized spacial score (nSPS) is 14.1. The first-order valence-corrected chi connectivity index (χ1v) is 5.03. The first-order valence-electron chi connectivity index (χ1n) is 5.03.